The Morgan fingerprint density at radius 3 is 2.67 bits per heavy atom. The van der Waals surface area contributed by atoms with Gasteiger partial charge in [0.05, 0.1) is 11.3 Å². The van der Waals surface area contributed by atoms with E-state index in [4.69, 9.17) is 5.73 Å². The molecule has 1 amide bonds. The lowest BCUT2D eigenvalue weighted by atomic mass is 10.1. The first-order chi connectivity index (χ1) is 8.45. The highest BCUT2D eigenvalue weighted by Gasteiger charge is 2.20. The summed E-state index contributed by atoms with van der Waals surface area (Å²) in [6.07, 6.45) is 2.62. The van der Waals surface area contributed by atoms with Crippen LogP contribution in [0.5, 0.6) is 0 Å². The molecule has 0 radical (unpaired) electrons. The van der Waals surface area contributed by atoms with Gasteiger partial charge in [0.1, 0.15) is 0 Å². The van der Waals surface area contributed by atoms with Crippen LogP contribution in [0, 0.1) is 12.8 Å². The Bertz CT molecular complexity index is 398. The molecule has 0 saturated heterocycles. The van der Waals surface area contributed by atoms with Crippen LogP contribution in [-0.4, -0.2) is 40.2 Å². The van der Waals surface area contributed by atoms with Crippen LogP contribution in [-0.2, 0) is 7.05 Å². The average Bonchev–Trinajstić information content (AvgIpc) is 2.62. The molecule has 0 atom stereocenters. The summed E-state index contributed by atoms with van der Waals surface area (Å²) in [5, 5.41) is 4.22. The molecule has 0 saturated carbocycles. The van der Waals surface area contributed by atoms with E-state index in [-0.39, 0.29) is 5.91 Å². The fraction of sp³-hybridized carbons (Fsp3) is 0.692. The van der Waals surface area contributed by atoms with Gasteiger partial charge in [-0.05, 0) is 25.8 Å². The summed E-state index contributed by atoms with van der Waals surface area (Å²) >= 11 is 0. The summed E-state index contributed by atoms with van der Waals surface area (Å²) in [7, 11) is 1.83. The molecule has 0 unspecified atom stereocenters. The highest BCUT2D eigenvalue weighted by atomic mass is 16.2. The lowest BCUT2D eigenvalue weighted by Gasteiger charge is -2.24. The van der Waals surface area contributed by atoms with Gasteiger partial charge in [0.25, 0.3) is 5.91 Å². The van der Waals surface area contributed by atoms with E-state index < -0.39 is 0 Å². The van der Waals surface area contributed by atoms with Crippen LogP contribution < -0.4 is 5.73 Å². The predicted octanol–water partition coefficient (Wildman–Crippen LogP) is 1.18. The van der Waals surface area contributed by atoms with E-state index in [2.05, 4.69) is 18.9 Å². The number of hydrogen-bond donors (Lipinski definition) is 1. The summed E-state index contributed by atoms with van der Waals surface area (Å²) in [5.74, 6) is 0.506. The van der Waals surface area contributed by atoms with E-state index in [0.29, 0.717) is 24.6 Å². The molecule has 0 fully saturated rings. The van der Waals surface area contributed by atoms with Crippen molar-refractivity contribution in [3.63, 3.8) is 0 Å². The minimum Gasteiger partial charge on any atom is -0.338 e. The quantitative estimate of drug-likeness (QED) is 0.826. The molecule has 0 aliphatic rings. The predicted molar refractivity (Wildman–Crippen MR) is 72.4 cm³/mol. The molecular weight excluding hydrogens is 228 g/mol. The molecule has 2 N–H and O–H groups in total. The molecular formula is C13H24N4O. The second kappa shape index (κ2) is 6.54. The van der Waals surface area contributed by atoms with E-state index in [0.717, 1.165) is 18.7 Å². The summed E-state index contributed by atoms with van der Waals surface area (Å²) in [4.78, 5) is 14.3. The van der Waals surface area contributed by atoms with E-state index in [1.807, 2.05) is 18.9 Å². The fourth-order valence-electron chi connectivity index (χ4n) is 1.98. The third-order valence-corrected chi connectivity index (χ3v) is 2.75. The van der Waals surface area contributed by atoms with Gasteiger partial charge in [0, 0.05) is 26.3 Å². The number of carbonyl (C=O) groups is 1. The van der Waals surface area contributed by atoms with Crippen molar-refractivity contribution < 1.29 is 4.79 Å². The minimum atomic E-state index is 0.0581. The van der Waals surface area contributed by atoms with Crippen LogP contribution in [0.2, 0.25) is 0 Å². The largest absolute Gasteiger partial charge is 0.338 e. The van der Waals surface area contributed by atoms with Crippen molar-refractivity contribution in [2.75, 3.05) is 19.6 Å². The summed E-state index contributed by atoms with van der Waals surface area (Å²) in [5.41, 5.74) is 7.00. The number of aryl methyl sites for hydroxylation is 2. The highest BCUT2D eigenvalue weighted by Crippen LogP contribution is 2.11. The molecule has 0 aliphatic heterocycles. The average molecular weight is 252 g/mol. The Balaban J connectivity index is 2.83. The van der Waals surface area contributed by atoms with Gasteiger partial charge >= 0.3 is 0 Å². The normalized spacial score (nSPS) is 11.0. The molecule has 0 spiro atoms. The number of nitrogens with two attached hydrogens (primary N) is 1. The molecule has 1 aromatic heterocycles. The second-order valence-electron chi connectivity index (χ2n) is 5.09. The first-order valence-electron chi connectivity index (χ1n) is 6.45. The van der Waals surface area contributed by atoms with Crippen LogP contribution in [0.15, 0.2) is 6.20 Å². The molecule has 0 bridgehead atoms. The molecule has 0 aromatic carbocycles. The molecule has 1 heterocycles. The number of amides is 1. The van der Waals surface area contributed by atoms with Crippen molar-refractivity contribution in [2.24, 2.45) is 18.7 Å². The third kappa shape index (κ3) is 3.84. The van der Waals surface area contributed by atoms with Crippen LogP contribution in [0.4, 0.5) is 0 Å². The van der Waals surface area contributed by atoms with Crippen LogP contribution in [0.25, 0.3) is 0 Å². The molecule has 18 heavy (non-hydrogen) atoms. The minimum absolute atomic E-state index is 0.0581. The molecule has 5 nitrogen and oxygen atoms in total. The van der Waals surface area contributed by atoms with Crippen LogP contribution >= 0.6 is 0 Å². The number of aromatic nitrogens is 2. The topological polar surface area (TPSA) is 64.2 Å². The van der Waals surface area contributed by atoms with E-state index >= 15 is 0 Å². The maximum Gasteiger partial charge on any atom is 0.257 e. The standard InChI is InChI=1S/C13H24N4O/c1-10(2)8-17(7-5-6-14)13(18)12-9-16(4)15-11(12)3/h9-10H,5-8,14H2,1-4H3. The molecule has 1 rings (SSSR count). The first-order valence-corrected chi connectivity index (χ1v) is 6.45. The molecule has 102 valence electrons. The van der Waals surface area contributed by atoms with Gasteiger partial charge in [0.2, 0.25) is 0 Å². The zero-order valence-electron chi connectivity index (χ0n) is 11.8. The SMILES string of the molecule is Cc1nn(C)cc1C(=O)N(CCCN)CC(C)C. The Labute approximate surface area is 109 Å². The van der Waals surface area contributed by atoms with E-state index in [9.17, 15) is 4.79 Å². The lowest BCUT2D eigenvalue weighted by Crippen LogP contribution is -2.36. The van der Waals surface area contributed by atoms with Crippen LogP contribution in [0.1, 0.15) is 36.3 Å². The Morgan fingerprint density at radius 2 is 2.22 bits per heavy atom. The summed E-state index contributed by atoms with van der Waals surface area (Å²) in [6.45, 7) is 8.16. The smallest absolute Gasteiger partial charge is 0.257 e. The third-order valence-electron chi connectivity index (χ3n) is 2.75. The lowest BCUT2D eigenvalue weighted by molar-refractivity contribution is 0.0734. The second-order valence-corrected chi connectivity index (χ2v) is 5.09. The van der Waals surface area contributed by atoms with Crippen LogP contribution in [0.3, 0.4) is 0 Å². The van der Waals surface area contributed by atoms with Crippen molar-refractivity contribution in [3.8, 4) is 0 Å². The van der Waals surface area contributed by atoms with Crippen molar-refractivity contribution >= 4 is 5.91 Å². The molecule has 5 heteroatoms. The monoisotopic (exact) mass is 252 g/mol. The van der Waals surface area contributed by atoms with Gasteiger partial charge in [-0.2, -0.15) is 5.10 Å². The summed E-state index contributed by atoms with van der Waals surface area (Å²) in [6, 6.07) is 0. The number of nitrogens with zero attached hydrogens (tertiary/aromatic N) is 3. The van der Waals surface area contributed by atoms with Crippen molar-refractivity contribution in [1.29, 1.82) is 0 Å². The maximum absolute atomic E-state index is 12.5. The van der Waals surface area contributed by atoms with Gasteiger partial charge in [0.15, 0.2) is 0 Å². The Morgan fingerprint density at radius 1 is 1.56 bits per heavy atom. The number of hydrogen-bond acceptors (Lipinski definition) is 3. The van der Waals surface area contributed by atoms with Gasteiger partial charge in [-0.1, -0.05) is 13.8 Å². The van der Waals surface area contributed by atoms with Gasteiger partial charge in [-0.3, -0.25) is 9.48 Å². The maximum atomic E-state index is 12.5. The van der Waals surface area contributed by atoms with Crippen molar-refractivity contribution in [3.05, 3.63) is 17.5 Å². The Kier molecular flexibility index (Phi) is 5.34. The van der Waals surface area contributed by atoms with Crippen molar-refractivity contribution in [1.82, 2.24) is 14.7 Å². The molecule has 1 aromatic rings. The Hall–Kier alpha value is -1.36. The van der Waals surface area contributed by atoms with Gasteiger partial charge in [-0.25, -0.2) is 0 Å². The number of rotatable bonds is 6. The van der Waals surface area contributed by atoms with Gasteiger partial charge < -0.3 is 10.6 Å². The first kappa shape index (κ1) is 14.7. The van der Waals surface area contributed by atoms with Crippen molar-refractivity contribution in [2.45, 2.75) is 27.2 Å². The van der Waals surface area contributed by atoms with E-state index in [1.165, 1.54) is 0 Å². The fourth-order valence-corrected chi connectivity index (χ4v) is 1.98. The van der Waals surface area contributed by atoms with Gasteiger partial charge in [-0.15, -0.1) is 0 Å². The highest BCUT2D eigenvalue weighted by molar-refractivity contribution is 5.95. The zero-order valence-corrected chi connectivity index (χ0v) is 11.8. The molecule has 0 aliphatic carbocycles. The van der Waals surface area contributed by atoms with E-state index in [1.54, 1.807) is 10.9 Å². The number of carbonyl (C=O) groups excluding carboxylic acids is 1. The zero-order chi connectivity index (χ0) is 13.7. The summed E-state index contributed by atoms with van der Waals surface area (Å²) < 4.78 is 1.68.